The Morgan fingerprint density at radius 2 is 1.84 bits per heavy atom. The van der Waals surface area contributed by atoms with Gasteiger partial charge in [0, 0.05) is 11.7 Å². The maximum Gasteiger partial charge on any atom is 0.308 e. The lowest BCUT2D eigenvalue weighted by Gasteiger charge is -2.34. The zero-order valence-corrected chi connectivity index (χ0v) is 22.0. The SMILES string of the molecule is COc1ccc(S(=O)(=O)N2C[C@H](C(=O)Nc3ccc4c(c3)sc(=O)n4C(C)C)Oc3ccccc32)cc1. The number of hydrogen-bond donors (Lipinski definition) is 1. The van der Waals surface area contributed by atoms with Crippen LogP contribution >= 0.6 is 11.3 Å². The van der Waals surface area contributed by atoms with Crippen molar-refractivity contribution in [2.45, 2.75) is 30.9 Å². The molecule has 0 unspecified atom stereocenters. The molecular weight excluding hydrogens is 514 g/mol. The second-order valence-corrected chi connectivity index (χ2v) is 11.6. The van der Waals surface area contributed by atoms with Crippen LogP contribution in [0.1, 0.15) is 19.9 Å². The number of rotatable bonds is 6. The molecule has 1 atom stereocenters. The number of nitrogens with one attached hydrogen (secondary N) is 1. The number of thiazole rings is 1. The first-order chi connectivity index (χ1) is 17.7. The fraction of sp³-hybridized carbons (Fsp3) is 0.231. The number of aromatic nitrogens is 1. The number of ether oxygens (including phenoxy) is 2. The van der Waals surface area contributed by atoms with E-state index in [1.807, 2.05) is 13.8 Å². The Balaban J connectivity index is 1.44. The van der Waals surface area contributed by atoms with Crippen LogP contribution in [0.25, 0.3) is 10.2 Å². The van der Waals surface area contributed by atoms with Crippen molar-refractivity contribution in [3.05, 3.63) is 76.4 Å². The van der Waals surface area contributed by atoms with Gasteiger partial charge in [-0.2, -0.15) is 0 Å². The van der Waals surface area contributed by atoms with Crippen LogP contribution in [0.4, 0.5) is 11.4 Å². The fourth-order valence-corrected chi connectivity index (χ4v) is 6.80. The summed E-state index contributed by atoms with van der Waals surface area (Å²) in [5.74, 6) is 0.317. The number of anilines is 2. The Bertz CT molecular complexity index is 1640. The molecule has 0 radical (unpaired) electrons. The highest BCUT2D eigenvalue weighted by atomic mass is 32.2. The monoisotopic (exact) mass is 539 g/mol. The topological polar surface area (TPSA) is 107 Å². The summed E-state index contributed by atoms with van der Waals surface area (Å²) in [6, 6.07) is 18.0. The number of benzene rings is 3. The summed E-state index contributed by atoms with van der Waals surface area (Å²) in [6.45, 7) is 3.66. The van der Waals surface area contributed by atoms with Gasteiger partial charge < -0.3 is 14.8 Å². The number of methoxy groups -OCH3 is 1. The van der Waals surface area contributed by atoms with Crippen molar-refractivity contribution in [3.63, 3.8) is 0 Å². The van der Waals surface area contributed by atoms with Gasteiger partial charge in [0.1, 0.15) is 11.5 Å². The molecule has 0 saturated carbocycles. The van der Waals surface area contributed by atoms with Crippen molar-refractivity contribution in [2.75, 3.05) is 23.3 Å². The number of carbonyl (C=O) groups is 1. The Hall–Kier alpha value is -3.83. The maximum atomic E-state index is 13.6. The van der Waals surface area contributed by atoms with Gasteiger partial charge in [-0.05, 0) is 68.4 Å². The molecule has 4 aromatic rings. The van der Waals surface area contributed by atoms with Gasteiger partial charge in [0.15, 0.2) is 6.10 Å². The van der Waals surface area contributed by atoms with Gasteiger partial charge in [-0.1, -0.05) is 23.5 Å². The highest BCUT2D eigenvalue weighted by Gasteiger charge is 2.37. The van der Waals surface area contributed by atoms with E-state index in [0.717, 1.165) is 21.6 Å². The quantitative estimate of drug-likeness (QED) is 0.393. The number of nitrogens with zero attached hydrogens (tertiary/aromatic N) is 2. The Labute approximate surface area is 217 Å². The molecular formula is C26H25N3O6S2. The molecule has 0 aliphatic carbocycles. The van der Waals surface area contributed by atoms with E-state index in [-0.39, 0.29) is 28.1 Å². The van der Waals surface area contributed by atoms with E-state index in [4.69, 9.17) is 9.47 Å². The lowest BCUT2D eigenvalue weighted by atomic mass is 10.2. The molecule has 0 bridgehead atoms. The third-order valence-electron chi connectivity index (χ3n) is 6.07. The number of amides is 1. The summed E-state index contributed by atoms with van der Waals surface area (Å²) in [4.78, 5) is 25.6. The Morgan fingerprint density at radius 1 is 1.11 bits per heavy atom. The zero-order chi connectivity index (χ0) is 26.3. The van der Waals surface area contributed by atoms with Crippen LogP contribution in [0.5, 0.6) is 11.5 Å². The summed E-state index contributed by atoms with van der Waals surface area (Å²) in [7, 11) is -2.49. The van der Waals surface area contributed by atoms with Crippen molar-refractivity contribution < 1.29 is 22.7 Å². The van der Waals surface area contributed by atoms with Gasteiger partial charge >= 0.3 is 4.87 Å². The highest BCUT2D eigenvalue weighted by Crippen LogP contribution is 2.37. The van der Waals surface area contributed by atoms with Crippen molar-refractivity contribution in [2.24, 2.45) is 0 Å². The molecule has 3 aromatic carbocycles. The van der Waals surface area contributed by atoms with Gasteiger partial charge in [0.05, 0.1) is 34.5 Å². The first kappa shape index (κ1) is 24.8. The summed E-state index contributed by atoms with van der Waals surface area (Å²) >= 11 is 1.11. The zero-order valence-electron chi connectivity index (χ0n) is 20.4. The second kappa shape index (κ2) is 9.56. The second-order valence-electron chi connectivity index (χ2n) is 8.79. The van der Waals surface area contributed by atoms with E-state index in [1.54, 1.807) is 59.2 Å². The number of fused-ring (bicyclic) bond motifs is 2. The molecule has 9 nitrogen and oxygen atoms in total. The number of sulfonamides is 1. The van der Waals surface area contributed by atoms with E-state index < -0.39 is 22.0 Å². The molecule has 37 heavy (non-hydrogen) atoms. The molecule has 11 heteroatoms. The predicted molar refractivity (Wildman–Crippen MR) is 143 cm³/mol. The van der Waals surface area contributed by atoms with Gasteiger partial charge in [-0.3, -0.25) is 18.5 Å². The fourth-order valence-electron chi connectivity index (χ4n) is 4.27. The molecule has 0 spiro atoms. The van der Waals surface area contributed by atoms with Crippen LogP contribution < -0.4 is 24.0 Å². The standard InChI is InChI=1S/C26H25N3O6S2/c1-16(2)29-21-13-8-17(14-24(21)36-26(29)31)27-25(30)23-15-28(20-6-4-5-7-22(20)35-23)37(32,33)19-11-9-18(34-3)10-12-19/h4-14,16,23H,15H2,1-3H3,(H,27,30)/t23-/m1/s1. The lowest BCUT2D eigenvalue weighted by molar-refractivity contribution is -0.122. The van der Waals surface area contributed by atoms with Crippen LogP contribution in [-0.2, 0) is 14.8 Å². The highest BCUT2D eigenvalue weighted by molar-refractivity contribution is 7.92. The summed E-state index contributed by atoms with van der Waals surface area (Å²) in [6.07, 6.45) is -1.10. The molecule has 0 fully saturated rings. The largest absolute Gasteiger partial charge is 0.497 e. The lowest BCUT2D eigenvalue weighted by Crippen LogP contribution is -2.48. The van der Waals surface area contributed by atoms with Crippen LogP contribution in [0.3, 0.4) is 0 Å². The molecule has 5 rings (SSSR count). The molecule has 1 aliphatic heterocycles. The average Bonchev–Trinajstić information content (AvgIpc) is 3.23. The summed E-state index contributed by atoms with van der Waals surface area (Å²) in [5.41, 5.74) is 1.63. The molecule has 0 saturated heterocycles. The first-order valence-electron chi connectivity index (χ1n) is 11.6. The molecule has 1 aliphatic rings. The van der Waals surface area contributed by atoms with Crippen molar-refractivity contribution in [1.82, 2.24) is 4.57 Å². The third-order valence-corrected chi connectivity index (χ3v) is 8.78. The number of para-hydroxylation sites is 2. The van der Waals surface area contributed by atoms with Gasteiger partial charge in [0.25, 0.3) is 15.9 Å². The van der Waals surface area contributed by atoms with Crippen molar-refractivity contribution >= 4 is 48.9 Å². The predicted octanol–water partition coefficient (Wildman–Crippen LogP) is 4.25. The van der Waals surface area contributed by atoms with Crippen LogP contribution in [0.15, 0.2) is 76.4 Å². The van der Waals surface area contributed by atoms with E-state index in [9.17, 15) is 18.0 Å². The average molecular weight is 540 g/mol. The van der Waals surface area contributed by atoms with Crippen LogP contribution in [0, 0.1) is 0 Å². The Kier molecular flexibility index (Phi) is 6.42. The number of hydrogen-bond acceptors (Lipinski definition) is 7. The Morgan fingerprint density at radius 3 is 2.54 bits per heavy atom. The van der Waals surface area contributed by atoms with E-state index in [0.29, 0.717) is 17.1 Å². The van der Waals surface area contributed by atoms with Gasteiger partial charge in [-0.15, -0.1) is 0 Å². The molecule has 192 valence electrons. The number of carbonyl (C=O) groups excluding carboxylic acids is 1. The summed E-state index contributed by atoms with van der Waals surface area (Å²) in [5, 5.41) is 2.81. The van der Waals surface area contributed by atoms with E-state index in [1.165, 1.54) is 23.5 Å². The van der Waals surface area contributed by atoms with Crippen molar-refractivity contribution in [1.29, 1.82) is 0 Å². The van der Waals surface area contributed by atoms with Gasteiger partial charge in [0.2, 0.25) is 0 Å². The van der Waals surface area contributed by atoms with Gasteiger partial charge in [-0.25, -0.2) is 8.42 Å². The first-order valence-corrected chi connectivity index (χ1v) is 13.8. The molecule has 2 heterocycles. The maximum absolute atomic E-state index is 13.6. The molecule has 1 N–H and O–H groups in total. The van der Waals surface area contributed by atoms with Crippen LogP contribution in [0.2, 0.25) is 0 Å². The van der Waals surface area contributed by atoms with Crippen molar-refractivity contribution in [3.8, 4) is 11.5 Å². The third kappa shape index (κ3) is 4.56. The minimum atomic E-state index is -4.00. The van der Waals surface area contributed by atoms with E-state index in [2.05, 4.69) is 5.32 Å². The molecule has 1 aromatic heterocycles. The minimum absolute atomic E-state index is 0.0102. The smallest absolute Gasteiger partial charge is 0.308 e. The van der Waals surface area contributed by atoms with E-state index >= 15 is 0 Å². The summed E-state index contributed by atoms with van der Waals surface area (Å²) < 4.78 is 41.8. The minimum Gasteiger partial charge on any atom is -0.497 e. The normalized spacial score (nSPS) is 15.4. The van der Waals surface area contributed by atoms with Crippen LogP contribution in [-0.4, -0.2) is 38.7 Å². The molecule has 1 amide bonds.